The van der Waals surface area contributed by atoms with Gasteiger partial charge in [-0.15, -0.1) is 11.3 Å². The van der Waals surface area contributed by atoms with Crippen molar-refractivity contribution in [2.24, 2.45) is 0 Å². The van der Waals surface area contributed by atoms with Crippen molar-refractivity contribution in [2.75, 3.05) is 31.6 Å². The van der Waals surface area contributed by atoms with Crippen molar-refractivity contribution in [3.8, 4) is 10.4 Å². The van der Waals surface area contributed by atoms with Crippen LogP contribution in [0.2, 0.25) is 5.02 Å². The van der Waals surface area contributed by atoms with E-state index < -0.39 is 10.0 Å². The van der Waals surface area contributed by atoms with Crippen LogP contribution in [0.4, 0.5) is 5.69 Å². The predicted molar refractivity (Wildman–Crippen MR) is 123 cm³/mol. The average molecular weight is 477 g/mol. The highest BCUT2D eigenvalue weighted by atomic mass is 35.5. The first kappa shape index (κ1) is 22.0. The molecule has 1 N–H and O–H groups in total. The second kappa shape index (κ2) is 9.10. The van der Waals surface area contributed by atoms with E-state index in [1.165, 1.54) is 15.6 Å². The molecule has 1 saturated heterocycles. The molecule has 1 aromatic heterocycles. The third kappa shape index (κ3) is 4.83. The van der Waals surface area contributed by atoms with E-state index in [2.05, 4.69) is 5.32 Å². The summed E-state index contributed by atoms with van der Waals surface area (Å²) in [5.74, 6) is -0.242. The monoisotopic (exact) mass is 476 g/mol. The topological polar surface area (TPSA) is 75.7 Å². The van der Waals surface area contributed by atoms with Gasteiger partial charge in [0.15, 0.2) is 0 Å². The highest BCUT2D eigenvalue weighted by Crippen LogP contribution is 2.33. The number of hydrogen-bond acceptors (Lipinski definition) is 5. The number of sulfonamides is 1. The van der Waals surface area contributed by atoms with E-state index in [0.29, 0.717) is 46.8 Å². The molecule has 0 saturated carbocycles. The minimum Gasteiger partial charge on any atom is -0.379 e. The van der Waals surface area contributed by atoms with Crippen LogP contribution in [0.15, 0.2) is 58.8 Å². The van der Waals surface area contributed by atoms with Crippen LogP contribution in [0.1, 0.15) is 15.9 Å². The van der Waals surface area contributed by atoms with Crippen LogP contribution < -0.4 is 5.32 Å². The van der Waals surface area contributed by atoms with Gasteiger partial charge in [0.25, 0.3) is 15.9 Å². The number of ether oxygens (including phenoxy) is 1. The Kier molecular flexibility index (Phi) is 6.45. The summed E-state index contributed by atoms with van der Waals surface area (Å²) in [6.07, 6.45) is 0. The van der Waals surface area contributed by atoms with Crippen LogP contribution in [0.5, 0.6) is 0 Å². The Labute approximate surface area is 190 Å². The zero-order chi connectivity index (χ0) is 22.0. The molecule has 0 bridgehead atoms. The molecular formula is C22H21ClN2O4S2. The highest BCUT2D eigenvalue weighted by Gasteiger charge is 2.27. The summed E-state index contributed by atoms with van der Waals surface area (Å²) in [6.45, 7) is 3.46. The number of thiophene rings is 1. The zero-order valence-electron chi connectivity index (χ0n) is 16.8. The summed E-state index contributed by atoms with van der Waals surface area (Å²) in [4.78, 5) is 13.3. The van der Waals surface area contributed by atoms with Gasteiger partial charge in [-0.05, 0) is 54.4 Å². The molecule has 0 radical (unpaired) electrons. The molecule has 1 aliphatic rings. The quantitative estimate of drug-likeness (QED) is 0.581. The maximum atomic E-state index is 12.8. The van der Waals surface area contributed by atoms with Crippen molar-refractivity contribution in [3.63, 3.8) is 0 Å². The summed E-state index contributed by atoms with van der Waals surface area (Å²) in [6, 6.07) is 15.9. The van der Waals surface area contributed by atoms with E-state index >= 15 is 0 Å². The second-order valence-electron chi connectivity index (χ2n) is 7.13. The lowest BCUT2D eigenvalue weighted by molar-refractivity contribution is 0.0731. The fourth-order valence-corrected chi connectivity index (χ4v) is 6.24. The molecule has 162 valence electrons. The van der Waals surface area contributed by atoms with Crippen molar-refractivity contribution in [1.82, 2.24) is 4.31 Å². The fraction of sp³-hybridized carbons (Fsp3) is 0.227. The third-order valence-corrected chi connectivity index (χ3v) is 8.91. The van der Waals surface area contributed by atoms with Crippen molar-refractivity contribution < 1.29 is 17.9 Å². The number of benzene rings is 2. The first-order valence-electron chi connectivity index (χ1n) is 9.70. The number of rotatable bonds is 5. The number of amides is 1. The third-order valence-electron chi connectivity index (χ3n) is 5.01. The lowest BCUT2D eigenvalue weighted by Crippen LogP contribution is -2.40. The Balaban J connectivity index is 1.48. The number of nitrogens with one attached hydrogen (secondary N) is 1. The fourth-order valence-electron chi connectivity index (χ4n) is 3.19. The normalized spacial score (nSPS) is 15.0. The Morgan fingerprint density at radius 1 is 1.06 bits per heavy atom. The van der Waals surface area contributed by atoms with E-state index in [1.54, 1.807) is 36.4 Å². The number of halogens is 1. The van der Waals surface area contributed by atoms with Gasteiger partial charge in [0.2, 0.25) is 0 Å². The minimum absolute atomic E-state index is 0.242. The molecule has 0 unspecified atom stereocenters. The van der Waals surface area contributed by atoms with E-state index in [-0.39, 0.29) is 5.91 Å². The average Bonchev–Trinajstić information content (AvgIpc) is 3.28. The largest absolute Gasteiger partial charge is 0.379 e. The van der Waals surface area contributed by atoms with Crippen LogP contribution in [-0.4, -0.2) is 44.9 Å². The maximum absolute atomic E-state index is 12.8. The molecule has 31 heavy (non-hydrogen) atoms. The first-order valence-corrected chi connectivity index (χ1v) is 12.3. The van der Waals surface area contributed by atoms with Crippen LogP contribution in [0.3, 0.4) is 0 Å². The van der Waals surface area contributed by atoms with E-state index in [9.17, 15) is 13.2 Å². The predicted octanol–water partition coefficient (Wildman–Crippen LogP) is 4.65. The minimum atomic E-state index is -3.52. The van der Waals surface area contributed by atoms with Gasteiger partial charge in [-0.1, -0.05) is 29.8 Å². The lowest BCUT2D eigenvalue weighted by Gasteiger charge is -2.25. The van der Waals surface area contributed by atoms with Gasteiger partial charge in [-0.3, -0.25) is 4.79 Å². The van der Waals surface area contributed by atoms with Crippen molar-refractivity contribution >= 4 is 44.6 Å². The van der Waals surface area contributed by atoms with Crippen molar-refractivity contribution in [1.29, 1.82) is 0 Å². The molecule has 9 heteroatoms. The number of carbonyl (C=O) groups excluding carboxylic acids is 1. The Bertz CT molecular complexity index is 1200. The first-order chi connectivity index (χ1) is 14.8. The standard InChI is InChI=1S/C22H21ClN2O4S2/c1-15-2-7-18(14-19(15)23)24-22(26)17-5-3-16(4-6-17)20-8-9-21(30-20)31(27,28)25-10-12-29-13-11-25/h2-9,14H,10-13H2,1H3,(H,24,26). The molecule has 0 spiro atoms. The molecule has 0 atom stereocenters. The molecule has 4 rings (SSSR count). The molecule has 6 nitrogen and oxygen atoms in total. The van der Waals surface area contributed by atoms with Gasteiger partial charge in [0.05, 0.1) is 13.2 Å². The highest BCUT2D eigenvalue weighted by molar-refractivity contribution is 7.91. The smallest absolute Gasteiger partial charge is 0.255 e. The second-order valence-corrected chi connectivity index (χ2v) is 10.8. The molecule has 3 aromatic rings. The van der Waals surface area contributed by atoms with Gasteiger partial charge in [0, 0.05) is 34.2 Å². The SMILES string of the molecule is Cc1ccc(NC(=O)c2ccc(-c3ccc(S(=O)(=O)N4CCOCC4)s3)cc2)cc1Cl. The zero-order valence-corrected chi connectivity index (χ0v) is 19.2. The van der Waals surface area contributed by atoms with Crippen LogP contribution in [0, 0.1) is 6.92 Å². The summed E-state index contributed by atoms with van der Waals surface area (Å²) >= 11 is 7.33. The Morgan fingerprint density at radius 3 is 2.45 bits per heavy atom. The number of hydrogen-bond donors (Lipinski definition) is 1. The molecule has 0 aliphatic carbocycles. The molecular weight excluding hydrogens is 456 g/mol. The van der Waals surface area contributed by atoms with Crippen molar-refractivity contribution in [3.05, 3.63) is 70.7 Å². The maximum Gasteiger partial charge on any atom is 0.255 e. The molecule has 2 heterocycles. The summed E-state index contributed by atoms with van der Waals surface area (Å²) < 4.78 is 32.6. The summed E-state index contributed by atoms with van der Waals surface area (Å²) in [7, 11) is -3.52. The molecule has 1 aliphatic heterocycles. The van der Waals surface area contributed by atoms with Crippen LogP contribution in [0.25, 0.3) is 10.4 Å². The summed E-state index contributed by atoms with van der Waals surface area (Å²) in [5, 5.41) is 3.42. The van der Waals surface area contributed by atoms with Crippen LogP contribution in [-0.2, 0) is 14.8 Å². The van der Waals surface area contributed by atoms with Gasteiger partial charge in [-0.2, -0.15) is 4.31 Å². The van der Waals surface area contributed by atoms with E-state index in [1.807, 2.05) is 25.1 Å². The van der Waals surface area contributed by atoms with E-state index in [4.69, 9.17) is 16.3 Å². The van der Waals surface area contributed by atoms with Crippen LogP contribution >= 0.6 is 22.9 Å². The number of nitrogens with zero attached hydrogens (tertiary/aromatic N) is 1. The van der Waals surface area contributed by atoms with Crippen molar-refractivity contribution in [2.45, 2.75) is 11.1 Å². The number of anilines is 1. The van der Waals surface area contributed by atoms with Gasteiger partial charge in [-0.25, -0.2) is 8.42 Å². The van der Waals surface area contributed by atoms with Gasteiger partial charge in [0.1, 0.15) is 4.21 Å². The Morgan fingerprint density at radius 2 is 1.77 bits per heavy atom. The lowest BCUT2D eigenvalue weighted by atomic mass is 10.1. The Hall–Kier alpha value is -2.23. The van der Waals surface area contributed by atoms with Gasteiger partial charge >= 0.3 is 0 Å². The number of morpholine rings is 1. The van der Waals surface area contributed by atoms with E-state index in [0.717, 1.165) is 16.0 Å². The number of aryl methyl sites for hydroxylation is 1. The number of carbonyl (C=O) groups is 1. The van der Waals surface area contributed by atoms with Gasteiger partial charge < -0.3 is 10.1 Å². The summed E-state index contributed by atoms with van der Waals surface area (Å²) in [5.41, 5.74) is 2.91. The molecule has 1 amide bonds. The molecule has 1 fully saturated rings. The molecule has 2 aromatic carbocycles.